The number of rotatable bonds is 6. The van der Waals surface area contributed by atoms with Crippen LogP contribution in [0.15, 0.2) is 18.2 Å². The monoisotopic (exact) mass is 305 g/mol. The molecule has 0 atom stereocenters. The number of hydrogen-bond donors (Lipinski definition) is 1. The molecule has 0 amide bonds. The highest BCUT2D eigenvalue weighted by Crippen LogP contribution is 2.29. The van der Waals surface area contributed by atoms with Crippen molar-refractivity contribution >= 4 is 5.97 Å². The Hall–Kier alpha value is -1.55. The van der Waals surface area contributed by atoms with Crippen molar-refractivity contribution in [1.82, 2.24) is 5.32 Å². The lowest BCUT2D eigenvalue weighted by Crippen LogP contribution is -2.25. The first-order chi connectivity index (χ1) is 10.6. The molecule has 122 valence electrons. The molecule has 22 heavy (non-hydrogen) atoms. The first-order valence-electron chi connectivity index (χ1n) is 8.14. The van der Waals surface area contributed by atoms with Gasteiger partial charge < -0.3 is 14.8 Å². The lowest BCUT2D eigenvalue weighted by Gasteiger charge is -2.26. The molecule has 1 N–H and O–H groups in total. The number of nitrogens with one attached hydrogen (secondary N) is 1. The van der Waals surface area contributed by atoms with Crippen molar-refractivity contribution in [2.75, 3.05) is 13.7 Å². The molecule has 1 aromatic carbocycles. The minimum absolute atomic E-state index is 0.337. The summed E-state index contributed by atoms with van der Waals surface area (Å²) in [5.41, 5.74) is 1.14. The fourth-order valence-corrected chi connectivity index (χ4v) is 3.01. The van der Waals surface area contributed by atoms with Gasteiger partial charge in [-0.25, -0.2) is 0 Å². The third-order valence-corrected chi connectivity index (χ3v) is 4.38. The number of methoxy groups -OCH3 is 1. The predicted octanol–water partition coefficient (Wildman–Crippen LogP) is 3.54. The molecule has 4 nitrogen and oxygen atoms in total. The summed E-state index contributed by atoms with van der Waals surface area (Å²) in [6, 6.07) is 5.69. The summed E-state index contributed by atoms with van der Waals surface area (Å²) in [6.07, 6.45) is 5.39. The zero-order chi connectivity index (χ0) is 15.9. The summed E-state index contributed by atoms with van der Waals surface area (Å²) in [7, 11) is 1.59. The molecule has 0 heterocycles. The zero-order valence-electron chi connectivity index (χ0n) is 13.9. The number of carbonyl (C=O) groups excluding carboxylic acids is 1. The largest absolute Gasteiger partial charge is 0.493 e. The van der Waals surface area contributed by atoms with Gasteiger partial charge in [0.2, 0.25) is 0 Å². The smallest absolute Gasteiger partial charge is 0.308 e. The Morgan fingerprint density at radius 1 is 1.23 bits per heavy atom. The first kappa shape index (κ1) is 16.8. The highest BCUT2D eigenvalue weighted by Gasteiger charge is 2.17. The highest BCUT2D eigenvalue weighted by molar-refractivity contribution is 5.70. The van der Waals surface area contributed by atoms with Crippen molar-refractivity contribution in [2.45, 2.75) is 46.1 Å². The second-order valence-electron chi connectivity index (χ2n) is 6.34. The average Bonchev–Trinajstić information content (AvgIpc) is 2.50. The maximum absolute atomic E-state index is 11.0. The van der Waals surface area contributed by atoms with Gasteiger partial charge in [0.1, 0.15) is 0 Å². The van der Waals surface area contributed by atoms with E-state index in [0.717, 1.165) is 30.5 Å². The molecule has 0 bridgehead atoms. The fraction of sp³-hybridized carbons (Fsp3) is 0.611. The number of carbonyl (C=O) groups is 1. The van der Waals surface area contributed by atoms with Gasteiger partial charge in [0.05, 0.1) is 7.11 Å². The van der Waals surface area contributed by atoms with E-state index in [4.69, 9.17) is 9.47 Å². The van der Waals surface area contributed by atoms with E-state index >= 15 is 0 Å². The van der Waals surface area contributed by atoms with Crippen LogP contribution >= 0.6 is 0 Å². The quantitative estimate of drug-likeness (QED) is 0.645. The van der Waals surface area contributed by atoms with E-state index < -0.39 is 0 Å². The van der Waals surface area contributed by atoms with E-state index in [1.807, 2.05) is 12.1 Å². The van der Waals surface area contributed by atoms with Crippen LogP contribution in [0.5, 0.6) is 11.5 Å². The van der Waals surface area contributed by atoms with Crippen LogP contribution in [-0.2, 0) is 11.3 Å². The Kier molecular flexibility index (Phi) is 6.25. The van der Waals surface area contributed by atoms with Gasteiger partial charge in [-0.15, -0.1) is 0 Å². The van der Waals surface area contributed by atoms with E-state index in [2.05, 4.69) is 12.2 Å². The molecule has 0 aliphatic heterocycles. The lowest BCUT2D eigenvalue weighted by atomic mass is 9.83. The lowest BCUT2D eigenvalue weighted by molar-refractivity contribution is -0.132. The summed E-state index contributed by atoms with van der Waals surface area (Å²) >= 11 is 0. The molecule has 2 rings (SSSR count). The van der Waals surface area contributed by atoms with Crippen molar-refractivity contribution in [2.24, 2.45) is 11.8 Å². The van der Waals surface area contributed by atoms with Gasteiger partial charge >= 0.3 is 5.97 Å². The van der Waals surface area contributed by atoms with Crippen LogP contribution in [0.1, 0.15) is 45.1 Å². The van der Waals surface area contributed by atoms with Gasteiger partial charge in [0, 0.05) is 13.5 Å². The molecule has 1 aliphatic carbocycles. The maximum Gasteiger partial charge on any atom is 0.308 e. The van der Waals surface area contributed by atoms with E-state index in [1.165, 1.54) is 32.6 Å². The Balaban J connectivity index is 1.83. The summed E-state index contributed by atoms with van der Waals surface area (Å²) in [5.74, 6) is 2.43. The first-order valence-corrected chi connectivity index (χ1v) is 8.14. The van der Waals surface area contributed by atoms with Gasteiger partial charge in [0.25, 0.3) is 0 Å². The normalized spacial score (nSPS) is 21.4. The molecule has 4 heteroatoms. The molecule has 1 saturated carbocycles. The summed E-state index contributed by atoms with van der Waals surface area (Å²) in [5, 5.41) is 3.53. The van der Waals surface area contributed by atoms with Crippen LogP contribution in [0.3, 0.4) is 0 Å². The standard InChI is InChI=1S/C18H27NO3/c1-13-4-6-15(7-5-13)11-19-12-16-8-9-17(22-14(2)20)18(10-16)21-3/h8-10,13,15,19H,4-7,11-12H2,1-3H3. The van der Waals surface area contributed by atoms with Crippen molar-refractivity contribution in [3.63, 3.8) is 0 Å². The van der Waals surface area contributed by atoms with Crippen LogP contribution < -0.4 is 14.8 Å². The van der Waals surface area contributed by atoms with E-state index in [1.54, 1.807) is 13.2 Å². The van der Waals surface area contributed by atoms with Crippen molar-refractivity contribution < 1.29 is 14.3 Å². The molecule has 0 spiro atoms. The number of benzene rings is 1. The van der Waals surface area contributed by atoms with Gasteiger partial charge in [-0.3, -0.25) is 4.79 Å². The van der Waals surface area contributed by atoms with Crippen LogP contribution in [0.2, 0.25) is 0 Å². The second kappa shape index (κ2) is 8.18. The minimum atomic E-state index is -0.337. The minimum Gasteiger partial charge on any atom is -0.493 e. The Morgan fingerprint density at radius 3 is 2.59 bits per heavy atom. The number of esters is 1. The predicted molar refractivity (Wildman–Crippen MR) is 87.1 cm³/mol. The number of ether oxygens (including phenoxy) is 2. The Morgan fingerprint density at radius 2 is 1.95 bits per heavy atom. The van der Waals surface area contributed by atoms with Gasteiger partial charge in [-0.1, -0.05) is 25.8 Å². The third kappa shape index (κ3) is 5.02. The molecule has 0 unspecified atom stereocenters. The summed E-state index contributed by atoms with van der Waals surface area (Å²) in [4.78, 5) is 11.0. The van der Waals surface area contributed by atoms with Crippen LogP contribution in [0.25, 0.3) is 0 Å². The molecule has 1 aliphatic rings. The van der Waals surface area contributed by atoms with E-state index in [9.17, 15) is 4.79 Å². The SMILES string of the molecule is COc1cc(CNCC2CCC(C)CC2)ccc1OC(C)=O. The Labute approximate surface area is 133 Å². The average molecular weight is 305 g/mol. The van der Waals surface area contributed by atoms with E-state index in [0.29, 0.717) is 11.5 Å². The molecular weight excluding hydrogens is 278 g/mol. The van der Waals surface area contributed by atoms with E-state index in [-0.39, 0.29) is 5.97 Å². The molecular formula is C18H27NO3. The fourth-order valence-electron chi connectivity index (χ4n) is 3.01. The van der Waals surface area contributed by atoms with Crippen molar-refractivity contribution in [3.8, 4) is 11.5 Å². The van der Waals surface area contributed by atoms with Gasteiger partial charge in [0.15, 0.2) is 11.5 Å². The molecule has 1 fully saturated rings. The van der Waals surface area contributed by atoms with Crippen LogP contribution in [-0.4, -0.2) is 19.6 Å². The van der Waals surface area contributed by atoms with Gasteiger partial charge in [-0.05, 0) is 48.9 Å². The van der Waals surface area contributed by atoms with Crippen molar-refractivity contribution in [1.29, 1.82) is 0 Å². The highest BCUT2D eigenvalue weighted by atomic mass is 16.6. The summed E-state index contributed by atoms with van der Waals surface area (Å²) in [6.45, 7) is 5.62. The van der Waals surface area contributed by atoms with Gasteiger partial charge in [-0.2, -0.15) is 0 Å². The Bertz CT molecular complexity index is 493. The van der Waals surface area contributed by atoms with Crippen LogP contribution in [0.4, 0.5) is 0 Å². The van der Waals surface area contributed by atoms with Crippen LogP contribution in [0, 0.1) is 11.8 Å². The van der Waals surface area contributed by atoms with Crippen molar-refractivity contribution in [3.05, 3.63) is 23.8 Å². The topological polar surface area (TPSA) is 47.6 Å². The molecule has 0 aromatic heterocycles. The maximum atomic E-state index is 11.0. The third-order valence-electron chi connectivity index (χ3n) is 4.38. The summed E-state index contributed by atoms with van der Waals surface area (Å²) < 4.78 is 10.4. The molecule has 0 radical (unpaired) electrons. The molecule has 0 saturated heterocycles. The number of hydrogen-bond acceptors (Lipinski definition) is 4. The second-order valence-corrected chi connectivity index (χ2v) is 6.34. The zero-order valence-corrected chi connectivity index (χ0v) is 13.9. The molecule has 1 aromatic rings.